The Morgan fingerprint density at radius 2 is 2.24 bits per heavy atom. The van der Waals surface area contributed by atoms with Crippen LogP contribution < -0.4 is 11.1 Å². The van der Waals surface area contributed by atoms with E-state index >= 15 is 0 Å². The zero-order valence-corrected chi connectivity index (χ0v) is 11.1. The Labute approximate surface area is 108 Å². The molecule has 3 N–H and O–H groups in total. The number of thiocarbonyl (C=S) groups is 1. The van der Waals surface area contributed by atoms with Crippen molar-refractivity contribution in [2.45, 2.75) is 32.7 Å². The summed E-state index contributed by atoms with van der Waals surface area (Å²) < 4.78 is 0. The molecule has 1 aliphatic rings. The predicted molar refractivity (Wildman–Crippen MR) is 75.1 cm³/mol. The molecule has 0 aliphatic heterocycles. The molecule has 3 nitrogen and oxygen atoms in total. The molecule has 1 saturated carbocycles. The van der Waals surface area contributed by atoms with Gasteiger partial charge in [-0.2, -0.15) is 0 Å². The number of pyridine rings is 1. The summed E-state index contributed by atoms with van der Waals surface area (Å²) in [5.41, 5.74) is 7.57. The monoisotopic (exact) mass is 249 g/mol. The smallest absolute Gasteiger partial charge is 0.106 e. The fourth-order valence-corrected chi connectivity index (χ4v) is 2.67. The van der Waals surface area contributed by atoms with E-state index in [0.29, 0.717) is 16.9 Å². The molecule has 1 aliphatic carbocycles. The lowest BCUT2D eigenvalue weighted by Crippen LogP contribution is -2.26. The summed E-state index contributed by atoms with van der Waals surface area (Å²) in [5, 5.41) is 3.54. The van der Waals surface area contributed by atoms with Crippen LogP contribution in [0.25, 0.3) is 0 Å². The van der Waals surface area contributed by atoms with Crippen molar-refractivity contribution in [3.63, 3.8) is 0 Å². The summed E-state index contributed by atoms with van der Waals surface area (Å²) in [7, 11) is 0. The van der Waals surface area contributed by atoms with Crippen molar-refractivity contribution < 1.29 is 0 Å². The molecule has 0 saturated heterocycles. The van der Waals surface area contributed by atoms with E-state index in [1.54, 1.807) is 6.20 Å². The first-order valence-electron chi connectivity index (χ1n) is 6.10. The number of anilines is 1. The normalized spacial score (nSPS) is 28.0. The second-order valence-electron chi connectivity index (χ2n) is 4.95. The number of rotatable bonds is 3. The maximum Gasteiger partial charge on any atom is 0.106 e. The van der Waals surface area contributed by atoms with Crippen LogP contribution in [0.3, 0.4) is 0 Å². The van der Waals surface area contributed by atoms with Crippen LogP contribution in [-0.4, -0.2) is 16.0 Å². The van der Waals surface area contributed by atoms with Gasteiger partial charge in [0, 0.05) is 17.8 Å². The van der Waals surface area contributed by atoms with Crippen LogP contribution >= 0.6 is 12.2 Å². The molecule has 0 radical (unpaired) electrons. The maximum atomic E-state index is 5.71. The van der Waals surface area contributed by atoms with E-state index < -0.39 is 0 Å². The Kier molecular flexibility index (Phi) is 3.62. The molecule has 0 amide bonds. The molecule has 4 heteroatoms. The van der Waals surface area contributed by atoms with Crippen molar-refractivity contribution >= 4 is 22.9 Å². The van der Waals surface area contributed by atoms with Gasteiger partial charge in [-0.25, -0.2) is 0 Å². The molecule has 0 bridgehead atoms. The molecule has 1 aromatic rings. The van der Waals surface area contributed by atoms with E-state index in [-0.39, 0.29) is 0 Å². The topological polar surface area (TPSA) is 50.9 Å². The maximum absolute atomic E-state index is 5.71. The van der Waals surface area contributed by atoms with E-state index in [1.165, 1.54) is 12.8 Å². The number of nitrogens with zero attached hydrogens (tertiary/aromatic N) is 1. The molecule has 3 atom stereocenters. The van der Waals surface area contributed by atoms with Gasteiger partial charge in [0.25, 0.3) is 0 Å². The molecule has 2 rings (SSSR count). The Hall–Kier alpha value is -1.16. The zero-order chi connectivity index (χ0) is 12.4. The molecular formula is C13H19N3S. The van der Waals surface area contributed by atoms with Crippen molar-refractivity contribution in [3.8, 4) is 0 Å². The average molecular weight is 249 g/mol. The van der Waals surface area contributed by atoms with E-state index in [0.717, 1.165) is 17.2 Å². The molecule has 0 aromatic carbocycles. The van der Waals surface area contributed by atoms with Gasteiger partial charge in [0.05, 0.1) is 11.9 Å². The first kappa shape index (κ1) is 12.3. The van der Waals surface area contributed by atoms with Gasteiger partial charge in [-0.15, -0.1) is 0 Å². The predicted octanol–water partition coefficient (Wildman–Crippen LogP) is 2.56. The highest BCUT2D eigenvalue weighted by Crippen LogP contribution is 2.33. The average Bonchev–Trinajstić information content (AvgIpc) is 2.61. The first-order chi connectivity index (χ1) is 8.09. The van der Waals surface area contributed by atoms with E-state index in [9.17, 15) is 0 Å². The fourth-order valence-electron chi connectivity index (χ4n) is 2.49. The van der Waals surface area contributed by atoms with Crippen molar-refractivity contribution in [3.05, 3.63) is 24.0 Å². The summed E-state index contributed by atoms with van der Waals surface area (Å²) in [6.45, 7) is 4.61. The van der Waals surface area contributed by atoms with Crippen LogP contribution in [-0.2, 0) is 0 Å². The van der Waals surface area contributed by atoms with Gasteiger partial charge in [-0.3, -0.25) is 4.98 Å². The Morgan fingerprint density at radius 3 is 2.82 bits per heavy atom. The lowest BCUT2D eigenvalue weighted by molar-refractivity contribution is 0.435. The first-order valence-corrected chi connectivity index (χ1v) is 6.50. The summed E-state index contributed by atoms with van der Waals surface area (Å²) in [6, 6.07) is 2.37. The zero-order valence-electron chi connectivity index (χ0n) is 10.3. The van der Waals surface area contributed by atoms with Gasteiger partial charge >= 0.3 is 0 Å². The molecule has 3 unspecified atom stereocenters. The van der Waals surface area contributed by atoms with Gasteiger partial charge in [0.2, 0.25) is 0 Å². The van der Waals surface area contributed by atoms with Crippen molar-refractivity contribution in [1.29, 1.82) is 0 Å². The summed E-state index contributed by atoms with van der Waals surface area (Å²) in [4.78, 5) is 4.56. The van der Waals surface area contributed by atoms with Gasteiger partial charge in [0.15, 0.2) is 0 Å². The summed E-state index contributed by atoms with van der Waals surface area (Å²) in [5.74, 6) is 1.45. The Bertz CT molecular complexity index is 419. The van der Waals surface area contributed by atoms with Crippen LogP contribution in [0.4, 0.5) is 5.69 Å². The van der Waals surface area contributed by atoms with E-state index in [2.05, 4.69) is 24.1 Å². The third-order valence-electron chi connectivity index (χ3n) is 3.89. The van der Waals surface area contributed by atoms with Crippen LogP contribution in [0.15, 0.2) is 18.5 Å². The van der Waals surface area contributed by atoms with Crippen molar-refractivity contribution in [2.75, 3.05) is 5.32 Å². The molecule has 1 fully saturated rings. The highest BCUT2D eigenvalue weighted by molar-refractivity contribution is 7.80. The second-order valence-corrected chi connectivity index (χ2v) is 5.39. The SMILES string of the molecule is CC1CCC(Nc2cnccc2C(N)=S)C1C. The third kappa shape index (κ3) is 2.57. The largest absolute Gasteiger partial charge is 0.389 e. The highest BCUT2D eigenvalue weighted by atomic mass is 32.1. The molecular weight excluding hydrogens is 230 g/mol. The minimum Gasteiger partial charge on any atom is -0.389 e. The number of hydrogen-bond acceptors (Lipinski definition) is 3. The van der Waals surface area contributed by atoms with Crippen molar-refractivity contribution in [1.82, 2.24) is 4.98 Å². The van der Waals surface area contributed by atoms with Gasteiger partial charge in [-0.1, -0.05) is 26.1 Å². The third-order valence-corrected chi connectivity index (χ3v) is 4.11. The van der Waals surface area contributed by atoms with E-state index in [4.69, 9.17) is 18.0 Å². The molecule has 17 heavy (non-hydrogen) atoms. The van der Waals surface area contributed by atoms with Gasteiger partial charge in [-0.05, 0) is 30.7 Å². The fraction of sp³-hybridized carbons (Fsp3) is 0.538. The van der Waals surface area contributed by atoms with Crippen LogP contribution in [0, 0.1) is 11.8 Å². The number of nitrogens with two attached hydrogens (primary N) is 1. The lowest BCUT2D eigenvalue weighted by Gasteiger charge is -2.22. The Balaban J connectivity index is 2.16. The lowest BCUT2D eigenvalue weighted by atomic mass is 9.97. The van der Waals surface area contributed by atoms with Gasteiger partial charge in [0.1, 0.15) is 4.99 Å². The van der Waals surface area contributed by atoms with E-state index in [1.807, 2.05) is 12.3 Å². The molecule has 1 aromatic heterocycles. The minimum absolute atomic E-state index is 0.425. The quantitative estimate of drug-likeness (QED) is 0.808. The summed E-state index contributed by atoms with van der Waals surface area (Å²) >= 11 is 5.05. The van der Waals surface area contributed by atoms with Crippen LogP contribution in [0.5, 0.6) is 0 Å². The molecule has 92 valence electrons. The standard InChI is InChI=1S/C13H19N3S/c1-8-3-4-11(9(8)2)16-12-7-15-6-5-10(12)13(14)17/h5-9,11,16H,3-4H2,1-2H3,(H2,14,17). The minimum atomic E-state index is 0.425. The molecule has 0 spiro atoms. The molecule has 1 heterocycles. The Morgan fingerprint density at radius 1 is 1.47 bits per heavy atom. The number of aromatic nitrogens is 1. The van der Waals surface area contributed by atoms with Crippen molar-refractivity contribution in [2.24, 2.45) is 17.6 Å². The highest BCUT2D eigenvalue weighted by Gasteiger charge is 2.29. The second kappa shape index (κ2) is 5.00. The van der Waals surface area contributed by atoms with Crippen LogP contribution in [0.2, 0.25) is 0 Å². The number of hydrogen-bond donors (Lipinski definition) is 2. The number of nitrogens with one attached hydrogen (secondary N) is 1. The van der Waals surface area contributed by atoms with Gasteiger partial charge < -0.3 is 11.1 Å². The summed E-state index contributed by atoms with van der Waals surface area (Å²) in [6.07, 6.45) is 6.01. The van der Waals surface area contributed by atoms with Crippen LogP contribution in [0.1, 0.15) is 32.3 Å².